The van der Waals surface area contributed by atoms with Crippen molar-refractivity contribution in [1.82, 2.24) is 5.32 Å². The summed E-state index contributed by atoms with van der Waals surface area (Å²) in [5.41, 5.74) is 7.14. The Kier molecular flexibility index (Phi) is 7.90. The zero-order valence-electron chi connectivity index (χ0n) is 21.4. The van der Waals surface area contributed by atoms with Gasteiger partial charge in [0.2, 0.25) is 5.91 Å². The third kappa shape index (κ3) is 5.89. The molecule has 1 amide bonds. The van der Waals surface area contributed by atoms with E-state index in [2.05, 4.69) is 73.8 Å². The van der Waals surface area contributed by atoms with Crippen LogP contribution in [0.15, 0.2) is 113 Å². The van der Waals surface area contributed by atoms with E-state index in [9.17, 15) is 4.79 Å². The van der Waals surface area contributed by atoms with Crippen LogP contribution in [0.3, 0.4) is 0 Å². The van der Waals surface area contributed by atoms with E-state index in [1.54, 1.807) is 0 Å². The van der Waals surface area contributed by atoms with Gasteiger partial charge in [-0.15, -0.1) is 0 Å². The minimum Gasteiger partial charge on any atom is -0.335 e. The van der Waals surface area contributed by atoms with E-state index in [4.69, 9.17) is 4.99 Å². The molecule has 1 aliphatic heterocycles. The van der Waals surface area contributed by atoms with Crippen LogP contribution in [-0.2, 0) is 4.79 Å². The Bertz CT molecular complexity index is 1310. The van der Waals surface area contributed by atoms with Gasteiger partial charge in [0.1, 0.15) is 6.04 Å². The normalized spacial score (nSPS) is 18.3. The summed E-state index contributed by atoms with van der Waals surface area (Å²) < 4.78 is 0. The highest BCUT2D eigenvalue weighted by Crippen LogP contribution is 2.41. The Labute approximate surface area is 224 Å². The molecule has 3 aromatic carbocycles. The molecule has 1 aliphatic carbocycles. The van der Waals surface area contributed by atoms with Gasteiger partial charge in [0, 0.05) is 17.4 Å². The van der Waals surface area contributed by atoms with Crippen LogP contribution in [0.4, 0.5) is 5.69 Å². The van der Waals surface area contributed by atoms with Crippen molar-refractivity contribution in [1.29, 1.82) is 0 Å². The molecule has 37 heavy (non-hydrogen) atoms. The number of carbonyl (C=O) groups is 1. The minimum atomic E-state index is -0.0372. The van der Waals surface area contributed by atoms with Crippen molar-refractivity contribution < 1.29 is 4.79 Å². The molecule has 1 atom stereocenters. The predicted molar refractivity (Wildman–Crippen MR) is 157 cm³/mol. The van der Waals surface area contributed by atoms with Gasteiger partial charge in [-0.3, -0.25) is 4.79 Å². The molecule has 1 N–H and O–H groups in total. The fourth-order valence-electron chi connectivity index (χ4n) is 5.09. The van der Waals surface area contributed by atoms with Crippen molar-refractivity contribution in [2.24, 2.45) is 4.99 Å². The number of rotatable bonds is 6. The highest BCUT2D eigenvalue weighted by Gasteiger charge is 2.30. The molecular weight excluding hydrogens is 474 g/mol. The third-order valence-electron chi connectivity index (χ3n) is 6.75. The van der Waals surface area contributed by atoms with Crippen LogP contribution in [0, 0.1) is 0 Å². The van der Waals surface area contributed by atoms with Gasteiger partial charge < -0.3 is 10.2 Å². The first-order valence-corrected chi connectivity index (χ1v) is 14.0. The maximum Gasteiger partial charge on any atom is 0.237 e. The van der Waals surface area contributed by atoms with E-state index < -0.39 is 0 Å². The maximum atomic E-state index is 13.4. The quantitative estimate of drug-likeness (QED) is 0.378. The van der Waals surface area contributed by atoms with E-state index in [0.29, 0.717) is 5.75 Å². The number of nitrogens with one attached hydrogen (secondary N) is 1. The third-order valence-corrected chi connectivity index (χ3v) is 7.62. The lowest BCUT2D eigenvalue weighted by atomic mass is 9.84. The Morgan fingerprint density at radius 1 is 0.973 bits per heavy atom. The van der Waals surface area contributed by atoms with Crippen LogP contribution in [0.1, 0.15) is 50.3 Å². The number of allylic oxidation sites excluding steroid dienone is 1. The first kappa shape index (κ1) is 25.1. The molecule has 0 bridgehead atoms. The van der Waals surface area contributed by atoms with Crippen LogP contribution in [0.25, 0.3) is 6.08 Å². The second-order valence-electron chi connectivity index (χ2n) is 9.69. The van der Waals surface area contributed by atoms with E-state index >= 15 is 0 Å². The van der Waals surface area contributed by atoms with Crippen LogP contribution >= 0.6 is 11.8 Å². The van der Waals surface area contributed by atoms with Crippen molar-refractivity contribution in [3.8, 4) is 0 Å². The lowest BCUT2D eigenvalue weighted by molar-refractivity contribution is -0.116. The van der Waals surface area contributed by atoms with E-state index in [0.717, 1.165) is 30.1 Å². The highest BCUT2D eigenvalue weighted by molar-refractivity contribution is 8.14. The van der Waals surface area contributed by atoms with Crippen LogP contribution in [-0.4, -0.2) is 22.9 Å². The van der Waals surface area contributed by atoms with Gasteiger partial charge in [0.25, 0.3) is 0 Å². The first-order valence-electron chi connectivity index (χ1n) is 13.0. The average molecular weight is 508 g/mol. The molecule has 5 heteroatoms. The van der Waals surface area contributed by atoms with Crippen molar-refractivity contribution in [2.75, 3.05) is 10.7 Å². The second kappa shape index (κ2) is 11.7. The van der Waals surface area contributed by atoms with E-state index in [-0.39, 0.29) is 18.0 Å². The molecule has 0 radical (unpaired) electrons. The van der Waals surface area contributed by atoms with Gasteiger partial charge in [0.05, 0.1) is 5.75 Å². The summed E-state index contributed by atoms with van der Waals surface area (Å²) in [5, 5.41) is 4.45. The number of benzene rings is 3. The number of carbonyl (C=O) groups excluding carboxylic acids is 1. The number of amidine groups is 1. The number of nitrogens with zero attached hydrogens (tertiary/aromatic N) is 2. The van der Waals surface area contributed by atoms with Gasteiger partial charge in [-0.2, -0.15) is 0 Å². The van der Waals surface area contributed by atoms with Gasteiger partial charge in [0.15, 0.2) is 5.17 Å². The smallest absolute Gasteiger partial charge is 0.237 e. The molecule has 0 spiro atoms. The summed E-state index contributed by atoms with van der Waals surface area (Å²) in [4.78, 5) is 20.4. The molecule has 0 aromatic heterocycles. The molecule has 1 heterocycles. The fourth-order valence-corrected chi connectivity index (χ4v) is 5.84. The monoisotopic (exact) mass is 507 g/mol. The number of thioether (sulfide) groups is 1. The Hall–Kier alpha value is -3.57. The zero-order chi connectivity index (χ0) is 25.6. The lowest BCUT2D eigenvalue weighted by Crippen LogP contribution is -2.39. The molecule has 5 rings (SSSR count). The van der Waals surface area contributed by atoms with Gasteiger partial charge in [-0.25, -0.2) is 4.99 Å². The number of amides is 1. The number of anilines is 1. The number of para-hydroxylation sites is 1. The molecule has 2 aliphatic rings. The summed E-state index contributed by atoms with van der Waals surface area (Å²) in [6.07, 6.45) is 5.44. The molecule has 0 fully saturated rings. The van der Waals surface area contributed by atoms with Crippen molar-refractivity contribution in [3.05, 3.63) is 119 Å². The largest absolute Gasteiger partial charge is 0.335 e. The zero-order valence-corrected chi connectivity index (χ0v) is 22.2. The highest BCUT2D eigenvalue weighted by atomic mass is 32.2. The average Bonchev–Trinajstić information content (AvgIpc) is 2.93. The van der Waals surface area contributed by atoms with Crippen LogP contribution in [0.2, 0.25) is 0 Å². The summed E-state index contributed by atoms with van der Waals surface area (Å²) in [6, 6.07) is 30.9. The Balaban J connectivity index is 1.43. The molecule has 4 nitrogen and oxygen atoms in total. The second-order valence-corrected chi connectivity index (χ2v) is 10.7. The topological polar surface area (TPSA) is 44.7 Å². The van der Waals surface area contributed by atoms with E-state index in [1.165, 1.54) is 39.7 Å². The predicted octanol–water partition coefficient (Wildman–Crippen LogP) is 7.38. The van der Waals surface area contributed by atoms with Gasteiger partial charge in [-0.05, 0) is 73.6 Å². The number of aliphatic imine (C=N–C) groups is 1. The molecular formula is C32H33N3OS. The van der Waals surface area contributed by atoms with Gasteiger partial charge >= 0.3 is 0 Å². The first-order chi connectivity index (χ1) is 18.1. The SMILES string of the molecule is CC(C)N(C(=O)CSC1=N[C@H](c2ccccc2)C2=C(N1)/C(=C/c1ccccc1)CCC2)c1ccccc1. The maximum absolute atomic E-state index is 13.4. The fraction of sp³-hybridized carbons (Fsp3) is 0.250. The van der Waals surface area contributed by atoms with Crippen molar-refractivity contribution in [2.45, 2.75) is 45.2 Å². The number of hydrogen-bond acceptors (Lipinski definition) is 4. The summed E-state index contributed by atoms with van der Waals surface area (Å²) in [5.74, 6) is 0.399. The van der Waals surface area contributed by atoms with E-state index in [1.807, 2.05) is 47.4 Å². The van der Waals surface area contributed by atoms with Crippen LogP contribution < -0.4 is 10.2 Å². The van der Waals surface area contributed by atoms with Gasteiger partial charge in [-0.1, -0.05) is 90.6 Å². The van der Waals surface area contributed by atoms with Crippen molar-refractivity contribution >= 4 is 34.6 Å². The molecule has 0 saturated carbocycles. The van der Waals surface area contributed by atoms with Crippen LogP contribution in [0.5, 0.6) is 0 Å². The summed E-state index contributed by atoms with van der Waals surface area (Å²) >= 11 is 1.49. The molecule has 188 valence electrons. The Morgan fingerprint density at radius 3 is 2.30 bits per heavy atom. The van der Waals surface area contributed by atoms with Crippen molar-refractivity contribution in [3.63, 3.8) is 0 Å². The standard InChI is InChI=1S/C32H33N3OS/c1-23(2)35(27-18-10-5-11-19-27)29(36)22-37-32-33-30(25-15-8-4-9-16-25)28-20-12-17-26(31(28)34-32)21-24-13-6-3-7-14-24/h3-11,13-16,18-19,21,23,30H,12,17,20,22H2,1-2H3,(H,33,34)/b26-21+/t30-/m1/s1. The lowest BCUT2D eigenvalue weighted by Gasteiger charge is -2.33. The summed E-state index contributed by atoms with van der Waals surface area (Å²) in [6.45, 7) is 4.11. The molecule has 0 unspecified atom stereocenters. The minimum absolute atomic E-state index is 0.0372. The molecule has 0 saturated heterocycles. The number of hydrogen-bond donors (Lipinski definition) is 1. The molecule has 3 aromatic rings. The Morgan fingerprint density at radius 2 is 1.62 bits per heavy atom. The summed E-state index contributed by atoms with van der Waals surface area (Å²) in [7, 11) is 0.